The molecule has 0 saturated heterocycles. The van der Waals surface area contributed by atoms with Crippen molar-refractivity contribution in [1.82, 2.24) is 9.78 Å². The predicted octanol–water partition coefficient (Wildman–Crippen LogP) is 3.03. The van der Waals surface area contributed by atoms with Crippen LogP contribution in [0.5, 0.6) is 0 Å². The first-order chi connectivity index (χ1) is 14.0. The van der Waals surface area contributed by atoms with Crippen molar-refractivity contribution in [3.63, 3.8) is 0 Å². The number of benzene rings is 2. The fourth-order valence-electron chi connectivity index (χ4n) is 2.72. The number of amides is 1. The van der Waals surface area contributed by atoms with Crippen LogP contribution in [-0.4, -0.2) is 28.3 Å². The highest BCUT2D eigenvalue weighted by molar-refractivity contribution is 6.06. The third-order valence-corrected chi connectivity index (χ3v) is 4.22. The lowest BCUT2D eigenvalue weighted by Gasteiger charge is -2.11. The number of rotatable bonds is 6. The molecule has 0 spiro atoms. The van der Waals surface area contributed by atoms with Gasteiger partial charge in [-0.25, -0.2) is 9.48 Å². The fraction of sp³-hybridized carbons (Fsp3) is 0.182. The molecule has 3 aromatic rings. The minimum atomic E-state index is -0.528. The van der Waals surface area contributed by atoms with Gasteiger partial charge >= 0.3 is 5.97 Å². The lowest BCUT2D eigenvalue weighted by molar-refractivity contribution is 0.0527. The fourth-order valence-corrected chi connectivity index (χ4v) is 2.72. The summed E-state index contributed by atoms with van der Waals surface area (Å²) in [5.41, 5.74) is 2.33. The molecule has 0 unspecified atom stereocenters. The van der Waals surface area contributed by atoms with E-state index in [2.05, 4.69) is 10.4 Å². The van der Waals surface area contributed by atoms with Crippen molar-refractivity contribution in [3.05, 3.63) is 93.4 Å². The number of ether oxygens (including phenoxy) is 1. The maximum absolute atomic E-state index is 12.7. The van der Waals surface area contributed by atoms with Gasteiger partial charge in [-0.05, 0) is 37.6 Å². The second-order valence-corrected chi connectivity index (χ2v) is 6.42. The molecule has 1 amide bonds. The molecule has 3 rings (SSSR count). The highest BCUT2D eigenvalue weighted by Crippen LogP contribution is 2.17. The van der Waals surface area contributed by atoms with E-state index in [0.29, 0.717) is 5.69 Å². The van der Waals surface area contributed by atoms with Crippen LogP contribution in [0.25, 0.3) is 0 Å². The molecule has 0 bridgehead atoms. The summed E-state index contributed by atoms with van der Waals surface area (Å²) in [4.78, 5) is 36.9. The zero-order valence-electron chi connectivity index (χ0n) is 16.2. The van der Waals surface area contributed by atoms with Gasteiger partial charge in [-0.2, -0.15) is 5.10 Å². The van der Waals surface area contributed by atoms with Crippen LogP contribution in [0.2, 0.25) is 0 Å². The van der Waals surface area contributed by atoms with Gasteiger partial charge < -0.3 is 10.1 Å². The van der Waals surface area contributed by atoms with Crippen LogP contribution in [0.3, 0.4) is 0 Å². The average Bonchev–Trinajstić information content (AvgIpc) is 2.71. The van der Waals surface area contributed by atoms with E-state index in [4.69, 9.17) is 4.74 Å². The summed E-state index contributed by atoms with van der Waals surface area (Å²) < 4.78 is 6.25. The average molecular weight is 391 g/mol. The van der Waals surface area contributed by atoms with Crippen LogP contribution < -0.4 is 10.9 Å². The van der Waals surface area contributed by atoms with Gasteiger partial charge in [0.05, 0.1) is 24.4 Å². The van der Waals surface area contributed by atoms with Gasteiger partial charge in [0.1, 0.15) is 5.69 Å². The molecule has 0 saturated carbocycles. The zero-order chi connectivity index (χ0) is 20.8. The van der Waals surface area contributed by atoms with Crippen LogP contribution in [0.15, 0.2) is 65.5 Å². The highest BCUT2D eigenvalue weighted by Gasteiger charge is 2.16. The molecule has 148 valence electrons. The van der Waals surface area contributed by atoms with Crippen molar-refractivity contribution in [2.24, 2.45) is 0 Å². The Labute approximate surface area is 168 Å². The minimum absolute atomic E-state index is 0.0652. The summed E-state index contributed by atoms with van der Waals surface area (Å²) in [5, 5.41) is 6.84. The van der Waals surface area contributed by atoms with Crippen molar-refractivity contribution in [2.45, 2.75) is 20.4 Å². The Hall–Kier alpha value is -3.74. The van der Waals surface area contributed by atoms with Crippen LogP contribution in [0, 0.1) is 6.92 Å². The van der Waals surface area contributed by atoms with E-state index in [1.807, 2.05) is 31.2 Å². The molecule has 0 radical (unpaired) electrons. The van der Waals surface area contributed by atoms with E-state index < -0.39 is 11.9 Å². The summed E-state index contributed by atoms with van der Waals surface area (Å²) in [6.45, 7) is 4.17. The topological polar surface area (TPSA) is 90.3 Å². The normalized spacial score (nSPS) is 10.4. The SMILES string of the molecule is CCOC(=O)c1ccccc1NC(=O)c1ccc(=O)n(Cc2ccc(C)cc2)n1. The zero-order valence-corrected chi connectivity index (χ0v) is 16.2. The second-order valence-electron chi connectivity index (χ2n) is 6.42. The molecular weight excluding hydrogens is 370 g/mol. The number of aromatic nitrogens is 2. The summed E-state index contributed by atoms with van der Waals surface area (Å²) >= 11 is 0. The van der Waals surface area contributed by atoms with Gasteiger partial charge in [-0.1, -0.05) is 42.0 Å². The van der Waals surface area contributed by atoms with Crippen molar-refractivity contribution in [2.75, 3.05) is 11.9 Å². The lowest BCUT2D eigenvalue weighted by atomic mass is 10.1. The number of carbonyl (C=O) groups is 2. The monoisotopic (exact) mass is 391 g/mol. The summed E-state index contributed by atoms with van der Waals surface area (Å²) in [6.07, 6.45) is 0. The van der Waals surface area contributed by atoms with Gasteiger partial charge in [0, 0.05) is 6.07 Å². The van der Waals surface area contributed by atoms with Crippen molar-refractivity contribution < 1.29 is 14.3 Å². The molecule has 1 heterocycles. The molecule has 0 aliphatic heterocycles. The van der Waals surface area contributed by atoms with Crippen LogP contribution >= 0.6 is 0 Å². The maximum atomic E-state index is 12.7. The third kappa shape index (κ3) is 4.95. The van der Waals surface area contributed by atoms with Gasteiger partial charge in [-0.15, -0.1) is 0 Å². The van der Waals surface area contributed by atoms with E-state index in [0.717, 1.165) is 11.1 Å². The lowest BCUT2D eigenvalue weighted by Crippen LogP contribution is -2.27. The Kier molecular flexibility index (Phi) is 6.19. The Morgan fingerprint density at radius 1 is 1.03 bits per heavy atom. The first kappa shape index (κ1) is 20.0. The number of nitrogens with one attached hydrogen (secondary N) is 1. The minimum Gasteiger partial charge on any atom is -0.462 e. The number of aryl methyl sites for hydroxylation is 1. The molecule has 0 aliphatic carbocycles. The number of hydrogen-bond acceptors (Lipinski definition) is 5. The number of carbonyl (C=O) groups excluding carboxylic acids is 2. The third-order valence-electron chi connectivity index (χ3n) is 4.22. The Balaban J connectivity index is 1.83. The predicted molar refractivity (Wildman–Crippen MR) is 109 cm³/mol. The van der Waals surface area contributed by atoms with Gasteiger partial charge in [0.15, 0.2) is 0 Å². The summed E-state index contributed by atoms with van der Waals surface area (Å²) in [7, 11) is 0. The van der Waals surface area contributed by atoms with E-state index in [9.17, 15) is 14.4 Å². The van der Waals surface area contributed by atoms with Gasteiger partial charge in [0.25, 0.3) is 11.5 Å². The smallest absolute Gasteiger partial charge is 0.340 e. The Morgan fingerprint density at radius 2 is 1.76 bits per heavy atom. The molecular formula is C22H21N3O4. The first-order valence-corrected chi connectivity index (χ1v) is 9.19. The van der Waals surface area contributed by atoms with Crippen LogP contribution in [0.4, 0.5) is 5.69 Å². The molecule has 2 aromatic carbocycles. The number of anilines is 1. The first-order valence-electron chi connectivity index (χ1n) is 9.19. The molecule has 1 aromatic heterocycles. The van der Waals surface area contributed by atoms with Crippen molar-refractivity contribution in [3.8, 4) is 0 Å². The van der Waals surface area contributed by atoms with Gasteiger partial charge in [-0.3, -0.25) is 9.59 Å². The number of esters is 1. The van der Waals surface area contributed by atoms with Crippen molar-refractivity contribution in [1.29, 1.82) is 0 Å². The molecule has 0 fully saturated rings. The van der Waals surface area contributed by atoms with E-state index >= 15 is 0 Å². The Bertz CT molecular complexity index is 1090. The number of nitrogens with zero attached hydrogens (tertiary/aromatic N) is 2. The van der Waals surface area contributed by atoms with E-state index in [1.54, 1.807) is 31.2 Å². The summed E-state index contributed by atoms with van der Waals surface area (Å²) in [5.74, 6) is -1.06. The summed E-state index contributed by atoms with van der Waals surface area (Å²) in [6, 6.07) is 16.9. The molecule has 7 heteroatoms. The van der Waals surface area contributed by atoms with E-state index in [1.165, 1.54) is 16.8 Å². The van der Waals surface area contributed by atoms with E-state index in [-0.39, 0.29) is 30.0 Å². The highest BCUT2D eigenvalue weighted by atomic mass is 16.5. The standard InChI is InChI=1S/C22H21N3O4/c1-3-29-22(28)17-6-4-5-7-18(17)23-21(27)19-12-13-20(26)25(24-19)14-16-10-8-15(2)9-11-16/h4-13H,3,14H2,1-2H3,(H,23,27). The second kappa shape index (κ2) is 8.97. The van der Waals surface area contributed by atoms with Crippen LogP contribution in [0.1, 0.15) is 38.9 Å². The Morgan fingerprint density at radius 3 is 2.48 bits per heavy atom. The maximum Gasteiger partial charge on any atom is 0.340 e. The quantitative estimate of drug-likeness (QED) is 0.653. The molecule has 7 nitrogen and oxygen atoms in total. The largest absolute Gasteiger partial charge is 0.462 e. The number of hydrogen-bond donors (Lipinski definition) is 1. The molecule has 0 aliphatic rings. The van der Waals surface area contributed by atoms with Gasteiger partial charge in [0.2, 0.25) is 0 Å². The molecule has 1 N–H and O–H groups in total. The molecule has 29 heavy (non-hydrogen) atoms. The van der Waals surface area contributed by atoms with Crippen LogP contribution in [-0.2, 0) is 11.3 Å². The van der Waals surface area contributed by atoms with Crippen molar-refractivity contribution >= 4 is 17.6 Å². The molecule has 0 atom stereocenters. The number of para-hydroxylation sites is 1.